The van der Waals surface area contributed by atoms with Gasteiger partial charge in [-0.1, -0.05) is 0 Å². The highest BCUT2D eigenvalue weighted by molar-refractivity contribution is 7.86. The Morgan fingerprint density at radius 3 is 1.56 bits per heavy atom. The molecular formula is C7H14N2O6S3. The molecule has 0 aromatic heterocycles. The monoisotopic (exact) mass is 318 g/mol. The van der Waals surface area contributed by atoms with Crippen LogP contribution in [0.25, 0.3) is 0 Å². The maximum atomic E-state index is 10.6. The Labute approximate surface area is 111 Å². The molecule has 0 radical (unpaired) electrons. The molecule has 1 rings (SSSR count). The lowest BCUT2D eigenvalue weighted by atomic mass is 10.5. The molecular weight excluding hydrogens is 304 g/mol. The highest BCUT2D eigenvalue weighted by atomic mass is 32.2. The minimum Gasteiger partial charge on any atom is -0.346 e. The number of rotatable bonds is 6. The lowest BCUT2D eigenvalue weighted by molar-refractivity contribution is 0.451. The molecule has 0 aromatic rings. The molecule has 0 unspecified atom stereocenters. The molecule has 0 bridgehead atoms. The molecule has 18 heavy (non-hydrogen) atoms. The van der Waals surface area contributed by atoms with E-state index in [4.69, 9.17) is 21.3 Å². The minimum atomic E-state index is -4.04. The third-order valence-electron chi connectivity index (χ3n) is 2.42. The maximum absolute atomic E-state index is 10.6. The van der Waals surface area contributed by atoms with E-state index in [9.17, 15) is 16.8 Å². The summed E-state index contributed by atoms with van der Waals surface area (Å²) < 4.78 is 59.6. The number of thiocarbonyl (C=S) groups is 1. The third kappa shape index (κ3) is 5.44. The first kappa shape index (κ1) is 15.6. The van der Waals surface area contributed by atoms with Crippen LogP contribution in [0.15, 0.2) is 0 Å². The Bertz CT molecular complexity index is 467. The maximum Gasteiger partial charge on any atom is 0.266 e. The molecule has 1 heterocycles. The van der Waals surface area contributed by atoms with Crippen LogP contribution in [0.4, 0.5) is 0 Å². The van der Waals surface area contributed by atoms with Crippen LogP contribution in [-0.2, 0) is 20.2 Å². The molecule has 0 spiro atoms. The summed E-state index contributed by atoms with van der Waals surface area (Å²) in [5.74, 6) is -0.863. The normalized spacial score (nSPS) is 17.6. The average molecular weight is 318 g/mol. The Morgan fingerprint density at radius 1 is 0.944 bits per heavy atom. The summed E-state index contributed by atoms with van der Waals surface area (Å²) >= 11 is 5.04. The van der Waals surface area contributed by atoms with Crippen LogP contribution in [0.3, 0.4) is 0 Å². The molecule has 1 fully saturated rings. The number of hydrogen-bond acceptors (Lipinski definition) is 5. The van der Waals surface area contributed by atoms with Gasteiger partial charge in [-0.05, 0) is 12.2 Å². The average Bonchev–Trinajstić information content (AvgIpc) is 2.51. The van der Waals surface area contributed by atoms with Crippen LogP contribution < -0.4 is 0 Å². The second-order valence-corrected chi connectivity index (χ2v) is 7.34. The molecule has 0 aromatic carbocycles. The summed E-state index contributed by atoms with van der Waals surface area (Å²) in [7, 11) is -8.09. The zero-order valence-electron chi connectivity index (χ0n) is 9.39. The lowest BCUT2D eigenvalue weighted by Crippen LogP contribution is -2.36. The predicted molar refractivity (Wildman–Crippen MR) is 68.6 cm³/mol. The van der Waals surface area contributed by atoms with E-state index in [1.165, 1.54) is 0 Å². The second-order valence-electron chi connectivity index (χ2n) is 3.83. The zero-order valence-corrected chi connectivity index (χ0v) is 11.8. The van der Waals surface area contributed by atoms with E-state index in [1.54, 1.807) is 9.80 Å². The Kier molecular flexibility index (Phi) is 4.89. The van der Waals surface area contributed by atoms with Gasteiger partial charge in [0.1, 0.15) is 0 Å². The van der Waals surface area contributed by atoms with Crippen molar-refractivity contribution in [2.75, 3.05) is 37.7 Å². The van der Waals surface area contributed by atoms with E-state index in [0.717, 1.165) is 0 Å². The summed E-state index contributed by atoms with van der Waals surface area (Å²) in [4.78, 5) is 3.13. The fourth-order valence-corrected chi connectivity index (χ4v) is 2.77. The molecule has 0 amide bonds. The summed E-state index contributed by atoms with van der Waals surface area (Å²) in [6, 6.07) is 0. The van der Waals surface area contributed by atoms with E-state index < -0.39 is 31.7 Å². The fourth-order valence-electron chi connectivity index (χ4n) is 1.50. The zero-order chi connectivity index (χ0) is 14.0. The molecule has 11 heteroatoms. The Morgan fingerprint density at radius 2 is 1.28 bits per heavy atom. The Balaban J connectivity index is 2.47. The smallest absolute Gasteiger partial charge is 0.266 e. The molecule has 2 N–H and O–H groups in total. The summed E-state index contributed by atoms with van der Waals surface area (Å²) in [5, 5.41) is 0.322. The first-order chi connectivity index (χ1) is 8.08. The minimum absolute atomic E-state index is 0.0556. The van der Waals surface area contributed by atoms with Gasteiger partial charge in [-0.25, -0.2) is 0 Å². The summed E-state index contributed by atoms with van der Waals surface area (Å²) in [6.07, 6.45) is 0. The fraction of sp³-hybridized carbons (Fsp3) is 0.857. The standard InChI is InChI=1S/C7H14N2O6S3/c10-17(11,12)5-3-8-1-2-9(7(8)16)4-6-18(13,14)15/h1-6H2,(H,10,11,12)(H,13,14,15). The molecule has 1 aliphatic heterocycles. The van der Waals surface area contributed by atoms with Crippen molar-refractivity contribution in [3.8, 4) is 0 Å². The van der Waals surface area contributed by atoms with Crippen molar-refractivity contribution < 1.29 is 25.9 Å². The molecule has 106 valence electrons. The van der Waals surface area contributed by atoms with Gasteiger partial charge in [0.05, 0.1) is 11.5 Å². The largest absolute Gasteiger partial charge is 0.346 e. The van der Waals surface area contributed by atoms with Crippen molar-refractivity contribution in [3.05, 3.63) is 0 Å². The van der Waals surface area contributed by atoms with Crippen molar-refractivity contribution in [1.82, 2.24) is 9.80 Å². The number of nitrogens with zero attached hydrogens (tertiary/aromatic N) is 2. The first-order valence-electron chi connectivity index (χ1n) is 5.03. The van der Waals surface area contributed by atoms with Gasteiger partial charge in [0.15, 0.2) is 5.11 Å². The van der Waals surface area contributed by atoms with Crippen LogP contribution in [0, 0.1) is 0 Å². The van der Waals surface area contributed by atoms with Gasteiger partial charge in [0.2, 0.25) is 0 Å². The van der Waals surface area contributed by atoms with Crippen molar-refractivity contribution in [2.45, 2.75) is 0 Å². The van der Waals surface area contributed by atoms with Crippen LogP contribution in [0.2, 0.25) is 0 Å². The van der Waals surface area contributed by atoms with E-state index >= 15 is 0 Å². The van der Waals surface area contributed by atoms with E-state index in [-0.39, 0.29) is 13.1 Å². The van der Waals surface area contributed by atoms with E-state index in [2.05, 4.69) is 0 Å². The third-order valence-corrected chi connectivity index (χ3v) is 4.33. The molecule has 0 aliphatic carbocycles. The van der Waals surface area contributed by atoms with Gasteiger partial charge in [-0.15, -0.1) is 0 Å². The van der Waals surface area contributed by atoms with Crippen molar-refractivity contribution >= 4 is 37.6 Å². The van der Waals surface area contributed by atoms with Crippen molar-refractivity contribution in [2.24, 2.45) is 0 Å². The van der Waals surface area contributed by atoms with Gasteiger partial charge in [-0.3, -0.25) is 9.11 Å². The highest BCUT2D eigenvalue weighted by Crippen LogP contribution is 2.09. The molecule has 0 atom stereocenters. The molecule has 1 saturated heterocycles. The summed E-state index contributed by atoms with van der Waals surface area (Å²) in [6.45, 7) is 1.03. The Hall–Kier alpha value is -0.490. The first-order valence-corrected chi connectivity index (χ1v) is 8.65. The van der Waals surface area contributed by atoms with E-state index in [1.807, 2.05) is 0 Å². The van der Waals surface area contributed by atoms with Gasteiger partial charge in [0, 0.05) is 26.2 Å². The second kappa shape index (κ2) is 5.65. The lowest BCUT2D eigenvalue weighted by Gasteiger charge is -2.20. The van der Waals surface area contributed by atoms with Crippen LogP contribution >= 0.6 is 12.2 Å². The molecule has 0 saturated carbocycles. The van der Waals surface area contributed by atoms with Gasteiger partial charge in [0.25, 0.3) is 20.2 Å². The van der Waals surface area contributed by atoms with Gasteiger partial charge < -0.3 is 9.80 Å². The highest BCUT2D eigenvalue weighted by Gasteiger charge is 2.26. The topological polar surface area (TPSA) is 115 Å². The quantitative estimate of drug-likeness (QED) is 0.453. The SMILES string of the molecule is O=S(=O)(O)CCN1CCN(CCS(=O)(=O)O)C1=S. The number of hydrogen-bond donors (Lipinski definition) is 2. The van der Waals surface area contributed by atoms with Crippen LogP contribution in [-0.4, -0.2) is 78.5 Å². The van der Waals surface area contributed by atoms with Gasteiger partial charge >= 0.3 is 0 Å². The van der Waals surface area contributed by atoms with Gasteiger partial charge in [-0.2, -0.15) is 16.8 Å². The van der Waals surface area contributed by atoms with Crippen molar-refractivity contribution in [1.29, 1.82) is 0 Å². The predicted octanol–water partition coefficient (Wildman–Crippen LogP) is -1.34. The van der Waals surface area contributed by atoms with Crippen LogP contribution in [0.1, 0.15) is 0 Å². The van der Waals surface area contributed by atoms with Crippen molar-refractivity contribution in [3.63, 3.8) is 0 Å². The van der Waals surface area contributed by atoms with Crippen LogP contribution in [0.5, 0.6) is 0 Å². The molecule has 8 nitrogen and oxygen atoms in total. The molecule has 1 aliphatic rings. The summed E-state index contributed by atoms with van der Waals surface area (Å²) in [5.41, 5.74) is 0. The van der Waals surface area contributed by atoms with E-state index in [0.29, 0.717) is 18.2 Å².